The number of primary amides is 1. The summed E-state index contributed by atoms with van der Waals surface area (Å²) in [5.74, 6) is -2.16. The maximum Gasteiger partial charge on any atom is 0.306 e. The quantitative estimate of drug-likeness (QED) is 0.720. The summed E-state index contributed by atoms with van der Waals surface area (Å²) in [6, 6.07) is 0. The topological polar surface area (TPSA) is 115 Å². The van der Waals surface area contributed by atoms with Crippen molar-refractivity contribution in [2.75, 3.05) is 5.75 Å². The Morgan fingerprint density at radius 2 is 1.71 bits per heavy atom. The van der Waals surface area contributed by atoms with E-state index < -0.39 is 32.9 Å². The first kappa shape index (κ1) is 14.0. The Morgan fingerprint density at radius 3 is 2.12 bits per heavy atom. The molecule has 1 rings (SSSR count). The van der Waals surface area contributed by atoms with E-state index in [4.69, 9.17) is 10.8 Å². The number of nitrogens with two attached hydrogens (primary N) is 1. The lowest BCUT2D eigenvalue weighted by Crippen LogP contribution is -2.32. The van der Waals surface area contributed by atoms with E-state index in [-0.39, 0.29) is 12.2 Å². The van der Waals surface area contributed by atoms with Gasteiger partial charge in [0.15, 0.2) is 9.84 Å². The van der Waals surface area contributed by atoms with Gasteiger partial charge in [-0.25, -0.2) is 8.42 Å². The predicted octanol–water partition coefficient (Wildman–Crippen LogP) is -0.0800. The summed E-state index contributed by atoms with van der Waals surface area (Å²) in [6.07, 6.45) is 1.32. The number of hydrogen-bond donors (Lipinski definition) is 2. The van der Waals surface area contributed by atoms with Crippen LogP contribution in [0.4, 0.5) is 0 Å². The van der Waals surface area contributed by atoms with Gasteiger partial charge in [0.1, 0.15) is 0 Å². The van der Waals surface area contributed by atoms with E-state index in [0.29, 0.717) is 25.7 Å². The van der Waals surface area contributed by atoms with E-state index >= 15 is 0 Å². The minimum absolute atomic E-state index is 0.165. The van der Waals surface area contributed by atoms with Gasteiger partial charge in [-0.2, -0.15) is 0 Å². The number of carbonyl (C=O) groups is 2. The van der Waals surface area contributed by atoms with Gasteiger partial charge in [-0.15, -0.1) is 0 Å². The fourth-order valence-corrected chi connectivity index (χ4v) is 3.89. The molecule has 1 aliphatic carbocycles. The highest BCUT2D eigenvalue weighted by Crippen LogP contribution is 2.29. The van der Waals surface area contributed by atoms with Gasteiger partial charge in [-0.1, -0.05) is 0 Å². The molecule has 0 aromatic rings. The summed E-state index contributed by atoms with van der Waals surface area (Å²) >= 11 is 0. The van der Waals surface area contributed by atoms with Crippen molar-refractivity contribution in [2.24, 2.45) is 11.7 Å². The normalized spacial score (nSPS) is 25.4. The molecule has 6 nitrogen and oxygen atoms in total. The molecule has 0 saturated heterocycles. The Bertz CT molecular complexity index is 395. The number of amides is 1. The van der Waals surface area contributed by atoms with Crippen LogP contribution in [0.1, 0.15) is 32.1 Å². The highest BCUT2D eigenvalue weighted by Gasteiger charge is 2.33. The summed E-state index contributed by atoms with van der Waals surface area (Å²) in [5.41, 5.74) is 4.91. The Morgan fingerprint density at radius 1 is 1.18 bits per heavy atom. The van der Waals surface area contributed by atoms with Crippen LogP contribution < -0.4 is 5.73 Å². The van der Waals surface area contributed by atoms with Gasteiger partial charge in [-0.3, -0.25) is 9.59 Å². The number of rotatable bonds is 5. The van der Waals surface area contributed by atoms with Crippen LogP contribution in [0, 0.1) is 5.92 Å². The van der Waals surface area contributed by atoms with E-state index in [9.17, 15) is 18.0 Å². The van der Waals surface area contributed by atoms with E-state index in [1.807, 2.05) is 0 Å². The third-order valence-electron chi connectivity index (χ3n) is 3.16. The summed E-state index contributed by atoms with van der Waals surface area (Å²) < 4.78 is 23.6. The average Bonchev–Trinajstić information content (AvgIpc) is 2.27. The number of aliphatic carboxylic acids is 1. The fraction of sp³-hybridized carbons (Fsp3) is 0.800. The molecule has 7 heteroatoms. The van der Waals surface area contributed by atoms with Gasteiger partial charge >= 0.3 is 5.97 Å². The number of carboxylic acid groups (broad SMARTS) is 1. The van der Waals surface area contributed by atoms with Gasteiger partial charge in [0.2, 0.25) is 5.91 Å². The van der Waals surface area contributed by atoms with Crippen LogP contribution in [0.3, 0.4) is 0 Å². The molecule has 1 saturated carbocycles. The molecule has 0 bridgehead atoms. The molecule has 0 radical (unpaired) electrons. The molecule has 1 amide bonds. The van der Waals surface area contributed by atoms with Crippen LogP contribution in [0.15, 0.2) is 0 Å². The van der Waals surface area contributed by atoms with Crippen molar-refractivity contribution >= 4 is 21.7 Å². The van der Waals surface area contributed by atoms with Crippen LogP contribution in [0.2, 0.25) is 0 Å². The standard InChI is InChI=1S/C10H17NO5S/c11-9(12)5-6-17(15,16)8-3-1-7(2-4-8)10(13)14/h7-8H,1-6H2,(H2,11,12)(H,13,14). The van der Waals surface area contributed by atoms with Gasteiger partial charge in [-0.05, 0) is 25.7 Å². The van der Waals surface area contributed by atoms with Crippen molar-refractivity contribution < 1.29 is 23.1 Å². The first-order valence-electron chi connectivity index (χ1n) is 5.55. The van der Waals surface area contributed by atoms with Crippen LogP contribution in [-0.4, -0.2) is 36.4 Å². The van der Waals surface area contributed by atoms with E-state index in [2.05, 4.69) is 0 Å². The first-order valence-corrected chi connectivity index (χ1v) is 7.27. The highest BCUT2D eigenvalue weighted by molar-refractivity contribution is 7.92. The van der Waals surface area contributed by atoms with Crippen molar-refractivity contribution in [3.05, 3.63) is 0 Å². The molecular weight excluding hydrogens is 246 g/mol. The second kappa shape index (κ2) is 5.48. The zero-order valence-corrected chi connectivity index (χ0v) is 10.3. The van der Waals surface area contributed by atoms with Gasteiger partial charge in [0.25, 0.3) is 0 Å². The molecule has 17 heavy (non-hydrogen) atoms. The number of hydrogen-bond acceptors (Lipinski definition) is 4. The Hall–Kier alpha value is -1.11. The minimum Gasteiger partial charge on any atom is -0.481 e. The largest absolute Gasteiger partial charge is 0.481 e. The molecule has 0 aliphatic heterocycles. The lowest BCUT2D eigenvalue weighted by Gasteiger charge is -2.25. The maximum absolute atomic E-state index is 11.8. The second-order valence-electron chi connectivity index (χ2n) is 4.40. The lowest BCUT2D eigenvalue weighted by atomic mass is 9.89. The predicted molar refractivity (Wildman–Crippen MR) is 61.0 cm³/mol. The number of carbonyl (C=O) groups excluding carboxylic acids is 1. The van der Waals surface area contributed by atoms with Crippen molar-refractivity contribution in [3.63, 3.8) is 0 Å². The van der Waals surface area contributed by atoms with Crippen molar-refractivity contribution in [2.45, 2.75) is 37.4 Å². The number of carboxylic acids is 1. The molecule has 0 unspecified atom stereocenters. The Labute approximate surface area is 100 Å². The van der Waals surface area contributed by atoms with Gasteiger partial charge < -0.3 is 10.8 Å². The Balaban J connectivity index is 2.52. The summed E-state index contributed by atoms with van der Waals surface area (Å²) in [7, 11) is -3.32. The summed E-state index contributed by atoms with van der Waals surface area (Å²) in [4.78, 5) is 21.3. The van der Waals surface area contributed by atoms with E-state index in [0.717, 1.165) is 0 Å². The lowest BCUT2D eigenvalue weighted by molar-refractivity contribution is -0.142. The molecule has 0 atom stereocenters. The molecule has 0 aromatic heterocycles. The maximum atomic E-state index is 11.8. The molecule has 0 heterocycles. The molecule has 1 fully saturated rings. The van der Waals surface area contributed by atoms with Crippen LogP contribution in [-0.2, 0) is 19.4 Å². The summed E-state index contributed by atoms with van der Waals surface area (Å²) in [6.45, 7) is 0. The second-order valence-corrected chi connectivity index (χ2v) is 6.80. The third-order valence-corrected chi connectivity index (χ3v) is 5.42. The molecule has 0 aromatic carbocycles. The zero-order valence-electron chi connectivity index (χ0n) is 9.46. The highest BCUT2D eigenvalue weighted by atomic mass is 32.2. The number of sulfone groups is 1. The SMILES string of the molecule is NC(=O)CCS(=O)(=O)C1CCC(C(=O)O)CC1. The van der Waals surface area contributed by atoms with Crippen molar-refractivity contribution in [3.8, 4) is 0 Å². The van der Waals surface area contributed by atoms with Crippen molar-refractivity contribution in [1.29, 1.82) is 0 Å². The van der Waals surface area contributed by atoms with Crippen LogP contribution in [0.5, 0.6) is 0 Å². The molecular formula is C10H17NO5S. The van der Waals surface area contributed by atoms with E-state index in [1.165, 1.54) is 0 Å². The smallest absolute Gasteiger partial charge is 0.306 e. The van der Waals surface area contributed by atoms with E-state index in [1.54, 1.807) is 0 Å². The monoisotopic (exact) mass is 263 g/mol. The molecule has 98 valence electrons. The third kappa shape index (κ3) is 3.99. The molecule has 3 N–H and O–H groups in total. The fourth-order valence-electron chi connectivity index (χ4n) is 2.08. The minimum atomic E-state index is -3.32. The average molecular weight is 263 g/mol. The Kier molecular flexibility index (Phi) is 4.50. The summed E-state index contributed by atoms with van der Waals surface area (Å²) in [5, 5.41) is 8.28. The zero-order chi connectivity index (χ0) is 13.1. The first-order chi connectivity index (χ1) is 7.83. The molecule has 1 aliphatic rings. The van der Waals surface area contributed by atoms with Crippen molar-refractivity contribution in [1.82, 2.24) is 0 Å². The van der Waals surface area contributed by atoms with Gasteiger partial charge in [0.05, 0.1) is 16.9 Å². The van der Waals surface area contributed by atoms with Gasteiger partial charge in [0, 0.05) is 6.42 Å². The van der Waals surface area contributed by atoms with Crippen LogP contribution in [0.25, 0.3) is 0 Å². The molecule has 0 spiro atoms. The van der Waals surface area contributed by atoms with Crippen LogP contribution >= 0.6 is 0 Å².